The van der Waals surface area contributed by atoms with Crippen molar-refractivity contribution in [1.29, 1.82) is 0 Å². The quantitative estimate of drug-likeness (QED) is 0.241. The molecular weight excluding hydrogens is 548 g/mol. The van der Waals surface area contributed by atoms with Crippen molar-refractivity contribution < 1.29 is 26.4 Å². The highest BCUT2D eigenvalue weighted by molar-refractivity contribution is 7.90. The molecule has 0 saturated heterocycles. The van der Waals surface area contributed by atoms with Gasteiger partial charge in [-0.1, -0.05) is 66.7 Å². The third-order valence-electron chi connectivity index (χ3n) is 6.66. The summed E-state index contributed by atoms with van der Waals surface area (Å²) < 4.78 is 63.3. The van der Waals surface area contributed by atoms with Gasteiger partial charge in [0, 0.05) is 10.8 Å². The molecule has 0 N–H and O–H groups in total. The molecule has 6 rings (SSSR count). The van der Waals surface area contributed by atoms with Gasteiger partial charge in [0.05, 0.1) is 22.4 Å². The van der Waals surface area contributed by atoms with Crippen LogP contribution >= 0.6 is 0 Å². The fraction of sp³-hybridized carbons (Fsp3) is 0.0333. The predicted octanol–water partition coefficient (Wildman–Crippen LogP) is 5.31. The van der Waals surface area contributed by atoms with Crippen molar-refractivity contribution in [2.45, 2.75) is 9.79 Å². The first-order valence-electron chi connectivity index (χ1n) is 12.2. The van der Waals surface area contributed by atoms with E-state index in [4.69, 9.17) is 4.74 Å². The van der Waals surface area contributed by atoms with Gasteiger partial charge in [-0.25, -0.2) is 24.8 Å². The van der Waals surface area contributed by atoms with Crippen LogP contribution in [0.2, 0.25) is 0 Å². The second-order valence-corrected chi connectivity index (χ2v) is 12.6. The summed E-state index contributed by atoms with van der Waals surface area (Å²) in [4.78, 5) is 14.3. The van der Waals surface area contributed by atoms with Crippen LogP contribution in [0.25, 0.3) is 21.8 Å². The minimum Gasteiger partial charge on any atom is -0.495 e. The molecule has 2 heterocycles. The first-order valence-corrected chi connectivity index (χ1v) is 15.1. The summed E-state index contributed by atoms with van der Waals surface area (Å²) in [6.45, 7) is 0. The third kappa shape index (κ3) is 3.92. The SMILES string of the molecule is COc1cccc2cc(C(=O)c3cc4ccccc4n3S(=O)(=O)c3ccccc3)n(S(=O)(=O)c3ccccc3)c12. The van der Waals surface area contributed by atoms with Crippen LogP contribution in [0, 0.1) is 0 Å². The minimum absolute atomic E-state index is 0.00970. The molecule has 0 bridgehead atoms. The van der Waals surface area contributed by atoms with E-state index in [0.29, 0.717) is 16.3 Å². The number of nitrogens with zero attached hydrogens (tertiary/aromatic N) is 2. The molecule has 8 nitrogen and oxygen atoms in total. The minimum atomic E-state index is -4.31. The Bertz CT molecular complexity index is 2130. The van der Waals surface area contributed by atoms with Crippen molar-refractivity contribution in [1.82, 2.24) is 7.94 Å². The van der Waals surface area contributed by atoms with E-state index < -0.39 is 25.8 Å². The zero-order valence-corrected chi connectivity index (χ0v) is 22.8. The average molecular weight is 571 g/mol. The molecule has 0 amide bonds. The Morgan fingerprint density at radius 2 is 1.10 bits per heavy atom. The van der Waals surface area contributed by atoms with Crippen LogP contribution in [0.4, 0.5) is 0 Å². The van der Waals surface area contributed by atoms with E-state index in [-0.39, 0.29) is 32.4 Å². The number of methoxy groups -OCH3 is 1. The fourth-order valence-electron chi connectivity index (χ4n) is 4.85. The molecule has 0 atom stereocenters. The molecule has 40 heavy (non-hydrogen) atoms. The Kier molecular flexibility index (Phi) is 6.09. The van der Waals surface area contributed by atoms with Crippen LogP contribution < -0.4 is 4.74 Å². The van der Waals surface area contributed by atoms with Gasteiger partial charge in [-0.3, -0.25) is 4.79 Å². The molecule has 4 aromatic carbocycles. The van der Waals surface area contributed by atoms with E-state index in [1.54, 1.807) is 78.9 Å². The fourth-order valence-corrected chi connectivity index (χ4v) is 7.92. The molecule has 0 aliphatic carbocycles. The molecule has 0 aliphatic rings. The highest BCUT2D eigenvalue weighted by Crippen LogP contribution is 2.35. The van der Waals surface area contributed by atoms with Crippen molar-refractivity contribution in [3.63, 3.8) is 0 Å². The summed E-state index contributed by atoms with van der Waals surface area (Å²) in [6, 6.07) is 30.1. The number of ketones is 1. The number of aromatic nitrogens is 2. The number of hydrogen-bond donors (Lipinski definition) is 0. The Morgan fingerprint density at radius 1 is 0.600 bits per heavy atom. The highest BCUT2D eigenvalue weighted by Gasteiger charge is 2.33. The monoisotopic (exact) mass is 570 g/mol. The number of carbonyl (C=O) groups excluding carboxylic acids is 1. The lowest BCUT2D eigenvalue weighted by Gasteiger charge is -2.15. The van der Waals surface area contributed by atoms with Gasteiger partial charge >= 0.3 is 0 Å². The van der Waals surface area contributed by atoms with E-state index >= 15 is 0 Å². The second kappa shape index (κ2) is 9.51. The first-order chi connectivity index (χ1) is 19.2. The summed E-state index contributed by atoms with van der Waals surface area (Å²) >= 11 is 0. The number of hydrogen-bond acceptors (Lipinski definition) is 6. The second-order valence-electron chi connectivity index (χ2n) is 9.01. The van der Waals surface area contributed by atoms with Crippen molar-refractivity contribution in [2.75, 3.05) is 7.11 Å². The molecular formula is C30H22N2O6S2. The van der Waals surface area contributed by atoms with E-state index in [0.717, 1.165) is 7.94 Å². The van der Waals surface area contributed by atoms with Gasteiger partial charge in [0.25, 0.3) is 20.0 Å². The van der Waals surface area contributed by atoms with Gasteiger partial charge in [0.2, 0.25) is 5.78 Å². The lowest BCUT2D eigenvalue weighted by molar-refractivity contribution is 0.102. The average Bonchev–Trinajstić information content (AvgIpc) is 3.58. The van der Waals surface area contributed by atoms with Crippen molar-refractivity contribution in [2.24, 2.45) is 0 Å². The summed E-state index contributed by atoms with van der Waals surface area (Å²) in [5.74, 6) is -0.540. The molecule has 0 unspecified atom stereocenters. The molecule has 6 aromatic rings. The van der Waals surface area contributed by atoms with Crippen LogP contribution in [0.5, 0.6) is 5.75 Å². The Balaban J connectivity index is 1.68. The van der Waals surface area contributed by atoms with Crippen LogP contribution in [0.1, 0.15) is 16.2 Å². The topological polar surface area (TPSA) is 104 Å². The van der Waals surface area contributed by atoms with Gasteiger partial charge in [-0.05, 0) is 48.5 Å². The third-order valence-corrected chi connectivity index (χ3v) is 10.1. The molecule has 0 spiro atoms. The van der Waals surface area contributed by atoms with E-state index in [9.17, 15) is 21.6 Å². The van der Waals surface area contributed by atoms with Gasteiger partial charge < -0.3 is 4.74 Å². The van der Waals surface area contributed by atoms with Gasteiger partial charge in [-0.2, -0.15) is 0 Å². The number of benzene rings is 4. The van der Waals surface area contributed by atoms with Crippen LogP contribution in [-0.2, 0) is 20.0 Å². The lowest BCUT2D eigenvalue weighted by atomic mass is 10.2. The zero-order chi connectivity index (χ0) is 28.1. The maximum atomic E-state index is 14.4. The summed E-state index contributed by atoms with van der Waals surface area (Å²) in [5, 5.41) is 0.951. The smallest absolute Gasteiger partial charge is 0.268 e. The number of rotatable bonds is 7. The molecule has 0 radical (unpaired) electrons. The number of carbonyl (C=O) groups is 1. The molecule has 200 valence electrons. The summed E-state index contributed by atoms with van der Waals surface area (Å²) in [7, 11) is -7.14. The van der Waals surface area contributed by atoms with Crippen LogP contribution in [0.3, 0.4) is 0 Å². The Hall–Kier alpha value is -4.67. The maximum Gasteiger partial charge on any atom is 0.268 e. The predicted molar refractivity (Wildman–Crippen MR) is 152 cm³/mol. The number of ether oxygens (including phenoxy) is 1. The van der Waals surface area contributed by atoms with Crippen LogP contribution in [0.15, 0.2) is 125 Å². The Morgan fingerprint density at radius 3 is 1.73 bits per heavy atom. The van der Waals surface area contributed by atoms with Crippen molar-refractivity contribution in [3.8, 4) is 5.75 Å². The molecule has 2 aromatic heterocycles. The normalized spacial score (nSPS) is 12.1. The van der Waals surface area contributed by atoms with Crippen LogP contribution in [-0.4, -0.2) is 37.7 Å². The number of para-hydroxylation sites is 2. The van der Waals surface area contributed by atoms with E-state index in [2.05, 4.69) is 0 Å². The summed E-state index contributed by atoms with van der Waals surface area (Å²) in [5.41, 5.74) is 0.0404. The van der Waals surface area contributed by atoms with Gasteiger partial charge in [-0.15, -0.1) is 0 Å². The number of fused-ring (bicyclic) bond motifs is 2. The van der Waals surface area contributed by atoms with Crippen molar-refractivity contribution >= 4 is 47.6 Å². The van der Waals surface area contributed by atoms with E-state index in [1.807, 2.05) is 0 Å². The zero-order valence-electron chi connectivity index (χ0n) is 21.1. The molecule has 10 heteroatoms. The molecule has 0 fully saturated rings. The molecule has 0 aliphatic heterocycles. The summed E-state index contributed by atoms with van der Waals surface area (Å²) in [6.07, 6.45) is 0. The van der Waals surface area contributed by atoms with E-state index in [1.165, 1.54) is 43.5 Å². The lowest BCUT2D eigenvalue weighted by Crippen LogP contribution is -2.23. The highest BCUT2D eigenvalue weighted by atomic mass is 32.2. The first kappa shape index (κ1) is 25.6. The van der Waals surface area contributed by atoms with Gasteiger partial charge in [0.15, 0.2) is 0 Å². The largest absolute Gasteiger partial charge is 0.495 e. The maximum absolute atomic E-state index is 14.4. The Labute approximate surface area is 230 Å². The van der Waals surface area contributed by atoms with Crippen molar-refractivity contribution in [3.05, 3.63) is 127 Å². The standard InChI is InChI=1S/C30H22N2O6S2/c1-38-28-18-10-12-22-20-27(32(29(22)28)40(36,37)24-15-6-3-7-16-24)30(33)26-19-21-11-8-9-17-25(21)31(26)39(34,35)23-13-4-2-5-14-23/h2-20H,1H3. The van der Waals surface area contributed by atoms with Gasteiger partial charge in [0.1, 0.15) is 22.7 Å². The molecule has 0 saturated carbocycles.